The molecule has 0 heterocycles. The van der Waals surface area contributed by atoms with E-state index in [0.29, 0.717) is 10.7 Å². The SMILES string of the molecule is O=C(O)CCCC(=O)NC(=O)Nc1cccc(Cl)c1. The maximum atomic E-state index is 11.4. The zero-order chi connectivity index (χ0) is 14.3. The van der Waals surface area contributed by atoms with Crippen LogP contribution in [0.1, 0.15) is 19.3 Å². The van der Waals surface area contributed by atoms with E-state index in [2.05, 4.69) is 10.6 Å². The first kappa shape index (κ1) is 15.0. The quantitative estimate of drug-likeness (QED) is 0.772. The highest BCUT2D eigenvalue weighted by atomic mass is 35.5. The van der Waals surface area contributed by atoms with E-state index in [0.717, 1.165) is 0 Å². The van der Waals surface area contributed by atoms with Gasteiger partial charge in [0.25, 0.3) is 0 Å². The molecule has 0 bridgehead atoms. The minimum absolute atomic E-state index is 0.0186. The van der Waals surface area contributed by atoms with Gasteiger partial charge in [-0.05, 0) is 24.6 Å². The minimum Gasteiger partial charge on any atom is -0.481 e. The molecule has 7 heteroatoms. The second-order valence-electron chi connectivity index (χ2n) is 3.76. The van der Waals surface area contributed by atoms with Crippen molar-refractivity contribution < 1.29 is 19.5 Å². The number of anilines is 1. The van der Waals surface area contributed by atoms with Gasteiger partial charge >= 0.3 is 12.0 Å². The molecule has 0 fully saturated rings. The van der Waals surface area contributed by atoms with Crippen molar-refractivity contribution in [2.24, 2.45) is 0 Å². The van der Waals surface area contributed by atoms with Crippen LogP contribution in [0, 0.1) is 0 Å². The highest BCUT2D eigenvalue weighted by molar-refractivity contribution is 6.30. The van der Waals surface area contributed by atoms with Gasteiger partial charge in [0.05, 0.1) is 0 Å². The van der Waals surface area contributed by atoms with Crippen molar-refractivity contribution >= 4 is 35.2 Å². The number of carboxylic acids is 1. The van der Waals surface area contributed by atoms with Gasteiger partial charge in [-0.2, -0.15) is 0 Å². The lowest BCUT2D eigenvalue weighted by molar-refractivity contribution is -0.137. The number of benzene rings is 1. The van der Waals surface area contributed by atoms with Crippen molar-refractivity contribution in [1.82, 2.24) is 5.32 Å². The molecule has 0 spiro atoms. The monoisotopic (exact) mass is 284 g/mol. The summed E-state index contributed by atoms with van der Waals surface area (Å²) in [6, 6.07) is 5.80. The highest BCUT2D eigenvalue weighted by Gasteiger charge is 2.08. The molecule has 0 aromatic heterocycles. The Morgan fingerprint density at radius 3 is 2.58 bits per heavy atom. The van der Waals surface area contributed by atoms with Gasteiger partial charge in [0.1, 0.15) is 0 Å². The molecule has 1 rings (SSSR count). The van der Waals surface area contributed by atoms with E-state index in [1.165, 1.54) is 6.07 Å². The summed E-state index contributed by atoms with van der Waals surface area (Å²) in [5.74, 6) is -1.50. The number of imide groups is 1. The average molecular weight is 285 g/mol. The van der Waals surface area contributed by atoms with Crippen LogP contribution in [0.3, 0.4) is 0 Å². The predicted molar refractivity (Wildman–Crippen MR) is 70.1 cm³/mol. The Kier molecular flexibility index (Phi) is 5.81. The topological polar surface area (TPSA) is 95.5 Å². The number of urea groups is 1. The van der Waals surface area contributed by atoms with E-state index < -0.39 is 17.9 Å². The number of aliphatic carboxylic acids is 1. The third-order valence-electron chi connectivity index (χ3n) is 2.13. The van der Waals surface area contributed by atoms with Crippen LogP contribution in [0.4, 0.5) is 10.5 Å². The number of rotatable bonds is 5. The van der Waals surface area contributed by atoms with E-state index in [4.69, 9.17) is 16.7 Å². The summed E-state index contributed by atoms with van der Waals surface area (Å²) in [4.78, 5) is 33.0. The standard InChI is InChI=1S/C12H13ClN2O4/c13-8-3-1-4-9(7-8)14-12(19)15-10(16)5-2-6-11(17)18/h1,3-4,7H,2,5-6H2,(H,17,18)(H2,14,15,16,19). The molecule has 0 saturated heterocycles. The van der Waals surface area contributed by atoms with Crippen molar-refractivity contribution in [3.8, 4) is 0 Å². The molecule has 0 saturated carbocycles. The van der Waals surface area contributed by atoms with E-state index in [1.54, 1.807) is 18.2 Å². The number of halogens is 1. The van der Waals surface area contributed by atoms with Crippen molar-refractivity contribution in [3.63, 3.8) is 0 Å². The van der Waals surface area contributed by atoms with E-state index in [1.807, 2.05) is 0 Å². The Bertz CT molecular complexity index is 490. The first-order valence-electron chi connectivity index (χ1n) is 5.55. The third-order valence-corrected chi connectivity index (χ3v) is 2.37. The van der Waals surface area contributed by atoms with Crippen LogP contribution < -0.4 is 10.6 Å². The average Bonchev–Trinajstić information content (AvgIpc) is 2.27. The van der Waals surface area contributed by atoms with E-state index >= 15 is 0 Å². The number of carbonyl (C=O) groups excluding carboxylic acids is 2. The van der Waals surface area contributed by atoms with Crippen LogP contribution in [0.5, 0.6) is 0 Å². The minimum atomic E-state index is -0.976. The Hall–Kier alpha value is -2.08. The number of hydrogen-bond acceptors (Lipinski definition) is 3. The summed E-state index contributed by atoms with van der Waals surface area (Å²) in [7, 11) is 0. The molecule has 0 atom stereocenters. The van der Waals surface area contributed by atoms with Gasteiger partial charge in [-0.1, -0.05) is 17.7 Å². The van der Waals surface area contributed by atoms with Crippen LogP contribution in [0.15, 0.2) is 24.3 Å². The normalized spacial score (nSPS) is 9.74. The van der Waals surface area contributed by atoms with Gasteiger partial charge in [-0.15, -0.1) is 0 Å². The number of carbonyl (C=O) groups is 3. The van der Waals surface area contributed by atoms with Crippen LogP contribution in [0.25, 0.3) is 0 Å². The van der Waals surface area contributed by atoms with Crippen LogP contribution in [0.2, 0.25) is 5.02 Å². The Balaban J connectivity index is 2.34. The second kappa shape index (κ2) is 7.38. The molecule has 0 unspecified atom stereocenters. The smallest absolute Gasteiger partial charge is 0.325 e. The maximum Gasteiger partial charge on any atom is 0.325 e. The van der Waals surface area contributed by atoms with Crippen LogP contribution >= 0.6 is 11.6 Å². The van der Waals surface area contributed by atoms with Crippen molar-refractivity contribution in [1.29, 1.82) is 0 Å². The maximum absolute atomic E-state index is 11.4. The summed E-state index contributed by atoms with van der Waals surface area (Å²) in [6.45, 7) is 0. The van der Waals surface area contributed by atoms with Crippen LogP contribution in [-0.2, 0) is 9.59 Å². The number of nitrogens with one attached hydrogen (secondary N) is 2. The van der Waals surface area contributed by atoms with Gasteiger partial charge < -0.3 is 10.4 Å². The molecule has 19 heavy (non-hydrogen) atoms. The third kappa shape index (κ3) is 6.42. The van der Waals surface area contributed by atoms with Gasteiger partial charge in [0, 0.05) is 23.6 Å². The van der Waals surface area contributed by atoms with Gasteiger partial charge in [-0.3, -0.25) is 14.9 Å². The lowest BCUT2D eigenvalue weighted by atomic mass is 10.2. The zero-order valence-electron chi connectivity index (χ0n) is 9.98. The summed E-state index contributed by atoms with van der Waals surface area (Å²) in [5.41, 5.74) is 0.461. The summed E-state index contributed by atoms with van der Waals surface area (Å²) in [5, 5.41) is 13.4. The fourth-order valence-electron chi connectivity index (χ4n) is 1.32. The molecule has 0 radical (unpaired) electrons. The summed E-state index contributed by atoms with van der Waals surface area (Å²) in [6.07, 6.45) is 0.0597. The molecule has 3 amide bonds. The molecule has 6 nitrogen and oxygen atoms in total. The molecule has 3 N–H and O–H groups in total. The van der Waals surface area contributed by atoms with Crippen molar-refractivity contribution in [2.45, 2.75) is 19.3 Å². The summed E-state index contributed by atoms with van der Waals surface area (Å²) < 4.78 is 0. The molecule has 0 aliphatic heterocycles. The molecular weight excluding hydrogens is 272 g/mol. The Labute approximate surface area is 114 Å². The molecular formula is C12H13ClN2O4. The van der Waals surface area contributed by atoms with Gasteiger partial charge in [0.2, 0.25) is 5.91 Å². The lowest BCUT2D eigenvalue weighted by Gasteiger charge is -2.06. The first-order valence-corrected chi connectivity index (χ1v) is 5.93. The molecule has 0 aliphatic carbocycles. The Morgan fingerprint density at radius 2 is 1.95 bits per heavy atom. The number of carboxylic acid groups (broad SMARTS) is 1. The second-order valence-corrected chi connectivity index (χ2v) is 4.20. The highest BCUT2D eigenvalue weighted by Crippen LogP contribution is 2.14. The zero-order valence-corrected chi connectivity index (χ0v) is 10.7. The molecule has 1 aromatic carbocycles. The largest absolute Gasteiger partial charge is 0.481 e. The molecule has 0 aliphatic rings. The van der Waals surface area contributed by atoms with Crippen molar-refractivity contribution in [3.05, 3.63) is 29.3 Å². The predicted octanol–water partition coefficient (Wildman–Crippen LogP) is 2.24. The van der Waals surface area contributed by atoms with Gasteiger partial charge in [0.15, 0.2) is 0 Å². The van der Waals surface area contributed by atoms with Crippen LogP contribution in [-0.4, -0.2) is 23.0 Å². The fourth-order valence-corrected chi connectivity index (χ4v) is 1.51. The first-order chi connectivity index (χ1) is 8.97. The van der Waals surface area contributed by atoms with E-state index in [-0.39, 0.29) is 19.3 Å². The van der Waals surface area contributed by atoms with Crippen molar-refractivity contribution in [2.75, 3.05) is 5.32 Å². The fraction of sp³-hybridized carbons (Fsp3) is 0.250. The summed E-state index contributed by atoms with van der Waals surface area (Å²) >= 11 is 5.74. The number of amides is 3. The number of hydrogen-bond donors (Lipinski definition) is 3. The molecule has 1 aromatic rings. The molecule has 102 valence electrons. The van der Waals surface area contributed by atoms with E-state index in [9.17, 15) is 14.4 Å². The lowest BCUT2D eigenvalue weighted by Crippen LogP contribution is -2.34. The Morgan fingerprint density at radius 1 is 1.21 bits per heavy atom. The van der Waals surface area contributed by atoms with Gasteiger partial charge in [-0.25, -0.2) is 4.79 Å².